The van der Waals surface area contributed by atoms with E-state index in [-0.39, 0.29) is 5.91 Å². The third kappa shape index (κ3) is 3.87. The first-order valence-corrected chi connectivity index (χ1v) is 9.61. The average molecular weight is 367 g/mol. The van der Waals surface area contributed by atoms with Gasteiger partial charge in [0, 0.05) is 30.2 Å². The predicted octanol–water partition coefficient (Wildman–Crippen LogP) is 3.67. The van der Waals surface area contributed by atoms with Crippen LogP contribution in [-0.2, 0) is 19.4 Å². The summed E-state index contributed by atoms with van der Waals surface area (Å²) >= 11 is 0. The van der Waals surface area contributed by atoms with Crippen molar-refractivity contribution in [2.45, 2.75) is 38.6 Å². The molecule has 2 aromatic rings. The molecule has 0 unspecified atom stereocenters. The van der Waals surface area contributed by atoms with E-state index in [1.807, 2.05) is 24.3 Å². The number of aryl methyl sites for hydroxylation is 2. The fourth-order valence-electron chi connectivity index (χ4n) is 3.71. The van der Waals surface area contributed by atoms with Crippen LogP contribution in [0.1, 0.15) is 46.3 Å². The van der Waals surface area contributed by atoms with Crippen LogP contribution < -0.4 is 19.5 Å². The van der Waals surface area contributed by atoms with Crippen molar-refractivity contribution in [1.29, 1.82) is 0 Å². The Labute approximate surface area is 159 Å². The third-order valence-corrected chi connectivity index (χ3v) is 5.20. The summed E-state index contributed by atoms with van der Waals surface area (Å²) < 4.78 is 16.9. The van der Waals surface area contributed by atoms with E-state index in [9.17, 15) is 4.79 Å². The van der Waals surface area contributed by atoms with Gasteiger partial charge >= 0.3 is 0 Å². The number of benzene rings is 2. The maximum absolute atomic E-state index is 12.6. The Morgan fingerprint density at radius 2 is 1.74 bits per heavy atom. The second-order valence-corrected chi connectivity index (χ2v) is 7.03. The standard InChI is InChI=1S/C22H25NO4/c1-25-19-13-21-20(26-9-4-10-27-21)12-18(19)14-23-22(24)17-8-7-15-5-2-3-6-16(15)11-17/h7-8,11-13H,2-6,9-10,14H2,1H3,(H,23,24). The SMILES string of the molecule is COc1cc2c(cc1CNC(=O)c1ccc3c(c1)CCCC3)OCCCO2. The van der Waals surface area contributed by atoms with Gasteiger partial charge in [0.1, 0.15) is 5.75 Å². The van der Waals surface area contributed by atoms with Gasteiger partial charge < -0.3 is 19.5 Å². The molecule has 5 heteroatoms. The molecule has 1 aliphatic heterocycles. The van der Waals surface area contributed by atoms with E-state index in [1.54, 1.807) is 7.11 Å². The Morgan fingerprint density at radius 3 is 2.52 bits per heavy atom. The van der Waals surface area contributed by atoms with Gasteiger partial charge in [0.15, 0.2) is 11.5 Å². The van der Waals surface area contributed by atoms with Crippen molar-refractivity contribution >= 4 is 5.91 Å². The number of hydrogen-bond donors (Lipinski definition) is 1. The first kappa shape index (κ1) is 17.7. The molecule has 1 heterocycles. The average Bonchev–Trinajstić information content (AvgIpc) is 2.95. The molecule has 2 aromatic carbocycles. The molecule has 1 amide bonds. The highest BCUT2D eigenvalue weighted by atomic mass is 16.5. The van der Waals surface area contributed by atoms with E-state index in [4.69, 9.17) is 14.2 Å². The molecule has 0 radical (unpaired) electrons. The second kappa shape index (κ2) is 7.91. The van der Waals surface area contributed by atoms with Crippen LogP contribution in [0.5, 0.6) is 17.2 Å². The molecule has 2 aliphatic rings. The number of amides is 1. The van der Waals surface area contributed by atoms with E-state index in [2.05, 4.69) is 11.4 Å². The van der Waals surface area contributed by atoms with Gasteiger partial charge in [-0.3, -0.25) is 4.79 Å². The zero-order chi connectivity index (χ0) is 18.6. The second-order valence-electron chi connectivity index (χ2n) is 7.03. The molecule has 1 N–H and O–H groups in total. The summed E-state index contributed by atoms with van der Waals surface area (Å²) in [5.74, 6) is 2.00. The van der Waals surface area contributed by atoms with Gasteiger partial charge in [-0.05, 0) is 55.0 Å². The maximum Gasteiger partial charge on any atom is 0.251 e. The lowest BCUT2D eigenvalue weighted by atomic mass is 9.90. The van der Waals surface area contributed by atoms with Crippen LogP contribution in [0.4, 0.5) is 0 Å². The number of rotatable bonds is 4. The van der Waals surface area contributed by atoms with Crippen molar-refractivity contribution in [3.8, 4) is 17.2 Å². The number of hydrogen-bond acceptors (Lipinski definition) is 4. The number of nitrogens with one attached hydrogen (secondary N) is 1. The summed E-state index contributed by atoms with van der Waals surface area (Å²) in [6, 6.07) is 9.78. The highest BCUT2D eigenvalue weighted by Gasteiger charge is 2.17. The lowest BCUT2D eigenvalue weighted by molar-refractivity contribution is 0.0950. The van der Waals surface area contributed by atoms with Gasteiger partial charge in [0.25, 0.3) is 5.91 Å². The first-order chi connectivity index (χ1) is 13.2. The zero-order valence-electron chi connectivity index (χ0n) is 15.7. The number of carbonyl (C=O) groups excluding carboxylic acids is 1. The minimum Gasteiger partial charge on any atom is -0.496 e. The van der Waals surface area contributed by atoms with Crippen LogP contribution in [0.25, 0.3) is 0 Å². The molecule has 0 atom stereocenters. The summed E-state index contributed by atoms with van der Waals surface area (Å²) in [4.78, 5) is 12.6. The Morgan fingerprint density at radius 1 is 1.00 bits per heavy atom. The number of ether oxygens (including phenoxy) is 3. The Balaban J connectivity index is 1.49. The number of fused-ring (bicyclic) bond motifs is 2. The molecule has 0 aromatic heterocycles. The van der Waals surface area contributed by atoms with Crippen LogP contribution in [0.2, 0.25) is 0 Å². The lowest BCUT2D eigenvalue weighted by Crippen LogP contribution is -2.23. The van der Waals surface area contributed by atoms with Gasteiger partial charge in [-0.25, -0.2) is 0 Å². The summed E-state index contributed by atoms with van der Waals surface area (Å²) in [5.41, 5.74) is 4.27. The molecule has 142 valence electrons. The monoisotopic (exact) mass is 367 g/mol. The van der Waals surface area contributed by atoms with Crippen molar-refractivity contribution in [3.63, 3.8) is 0 Å². The lowest BCUT2D eigenvalue weighted by Gasteiger charge is -2.17. The smallest absolute Gasteiger partial charge is 0.251 e. The van der Waals surface area contributed by atoms with E-state index in [1.165, 1.54) is 24.0 Å². The first-order valence-electron chi connectivity index (χ1n) is 9.61. The number of methoxy groups -OCH3 is 1. The van der Waals surface area contributed by atoms with Crippen molar-refractivity contribution in [2.75, 3.05) is 20.3 Å². The molecule has 0 bridgehead atoms. The molecule has 1 aliphatic carbocycles. The van der Waals surface area contributed by atoms with Gasteiger partial charge in [0.2, 0.25) is 0 Å². The zero-order valence-corrected chi connectivity index (χ0v) is 15.7. The molecular weight excluding hydrogens is 342 g/mol. The predicted molar refractivity (Wildman–Crippen MR) is 103 cm³/mol. The molecule has 4 rings (SSSR count). The van der Waals surface area contributed by atoms with E-state index in [0.29, 0.717) is 42.6 Å². The molecule has 27 heavy (non-hydrogen) atoms. The maximum atomic E-state index is 12.6. The normalized spacial score (nSPS) is 15.4. The van der Waals surface area contributed by atoms with Crippen LogP contribution in [-0.4, -0.2) is 26.2 Å². The fraction of sp³-hybridized carbons (Fsp3) is 0.409. The Hall–Kier alpha value is -2.69. The molecule has 0 spiro atoms. The molecule has 0 fully saturated rings. The Bertz CT molecular complexity index is 846. The molecular formula is C22H25NO4. The van der Waals surface area contributed by atoms with Crippen molar-refractivity contribution in [1.82, 2.24) is 5.32 Å². The quantitative estimate of drug-likeness (QED) is 0.896. The van der Waals surface area contributed by atoms with Crippen LogP contribution in [0.15, 0.2) is 30.3 Å². The van der Waals surface area contributed by atoms with Crippen LogP contribution in [0, 0.1) is 0 Å². The van der Waals surface area contributed by atoms with Gasteiger partial charge in [-0.2, -0.15) is 0 Å². The molecule has 5 nitrogen and oxygen atoms in total. The fourth-order valence-corrected chi connectivity index (χ4v) is 3.71. The number of carbonyl (C=O) groups is 1. The van der Waals surface area contributed by atoms with Crippen LogP contribution >= 0.6 is 0 Å². The van der Waals surface area contributed by atoms with Gasteiger partial charge in [0.05, 0.1) is 20.3 Å². The van der Waals surface area contributed by atoms with E-state index >= 15 is 0 Å². The highest BCUT2D eigenvalue weighted by molar-refractivity contribution is 5.94. The molecule has 0 saturated carbocycles. The topological polar surface area (TPSA) is 56.8 Å². The third-order valence-electron chi connectivity index (χ3n) is 5.20. The summed E-state index contributed by atoms with van der Waals surface area (Å²) in [6.07, 6.45) is 5.47. The van der Waals surface area contributed by atoms with E-state index < -0.39 is 0 Å². The van der Waals surface area contributed by atoms with Crippen molar-refractivity contribution < 1.29 is 19.0 Å². The van der Waals surface area contributed by atoms with Crippen molar-refractivity contribution in [3.05, 3.63) is 52.6 Å². The van der Waals surface area contributed by atoms with E-state index in [0.717, 1.165) is 24.8 Å². The van der Waals surface area contributed by atoms with Gasteiger partial charge in [-0.15, -0.1) is 0 Å². The minimum atomic E-state index is -0.0717. The summed E-state index contributed by atoms with van der Waals surface area (Å²) in [5, 5.41) is 3.00. The largest absolute Gasteiger partial charge is 0.496 e. The molecule has 0 saturated heterocycles. The highest BCUT2D eigenvalue weighted by Crippen LogP contribution is 2.36. The van der Waals surface area contributed by atoms with Crippen LogP contribution in [0.3, 0.4) is 0 Å². The summed E-state index contributed by atoms with van der Waals surface area (Å²) in [7, 11) is 1.62. The van der Waals surface area contributed by atoms with Crippen molar-refractivity contribution in [2.24, 2.45) is 0 Å². The van der Waals surface area contributed by atoms with Gasteiger partial charge in [-0.1, -0.05) is 6.07 Å². The summed E-state index contributed by atoms with van der Waals surface area (Å²) in [6.45, 7) is 1.63. The minimum absolute atomic E-state index is 0.0717. The Kier molecular flexibility index (Phi) is 5.19.